The molecule has 67 heavy (non-hydrogen) atoms. The standard InChI is InChI=1S/C62H72N4O/c1-58(2,3)42-26-28-53-50(34-42)57-51(62(13,14)15)38-49(39-55(57)66(53)56-36-44(29-30-63-56)60(7,8)9)67-48-24-20-23-47(37-48)65(16)54-35-43(59(4,5)6)25-27-52(54)64-46-32-41(40-21-18-17-19-22-40)31-45(33-46)61(10,11)12/h17-39,64H,1-16H3. The van der Waals surface area contributed by atoms with Gasteiger partial charge in [-0.25, -0.2) is 4.98 Å². The van der Waals surface area contributed by atoms with Crippen LogP contribution >= 0.6 is 0 Å². The number of aromatic nitrogens is 2. The molecule has 0 atom stereocenters. The molecule has 0 spiro atoms. The SMILES string of the molecule is CN(c1cccc(Oc2cc(C(C)(C)C)c3c4cc(C(C)(C)C)ccc4n(-c4cc(C(C)(C)C)ccn4)c3c2)c1)c1cc(C(C)(C)C)ccc1Nc1cc(-c2ccccc2)cc(C(C)(C)C)c1. The molecule has 0 radical (unpaired) electrons. The lowest BCUT2D eigenvalue weighted by atomic mass is 9.82. The molecule has 0 amide bonds. The lowest BCUT2D eigenvalue weighted by molar-refractivity contribution is 0.480. The Bertz CT molecular complexity index is 3100. The third kappa shape index (κ3) is 9.89. The zero-order valence-corrected chi connectivity index (χ0v) is 43.0. The fourth-order valence-corrected chi connectivity index (χ4v) is 8.99. The zero-order chi connectivity index (χ0) is 48.4. The Morgan fingerprint density at radius 2 is 1.13 bits per heavy atom. The summed E-state index contributed by atoms with van der Waals surface area (Å²) in [7, 11) is 2.15. The Labute approximate surface area is 401 Å². The minimum absolute atomic E-state index is 0.00966. The van der Waals surface area contributed by atoms with Crippen molar-refractivity contribution in [2.45, 2.75) is 131 Å². The van der Waals surface area contributed by atoms with Gasteiger partial charge in [0.2, 0.25) is 0 Å². The first-order valence-electron chi connectivity index (χ1n) is 24.0. The van der Waals surface area contributed by atoms with Gasteiger partial charge in [-0.1, -0.05) is 158 Å². The van der Waals surface area contributed by atoms with Crippen LogP contribution in [-0.4, -0.2) is 16.6 Å². The third-order valence-electron chi connectivity index (χ3n) is 13.2. The molecule has 0 bridgehead atoms. The highest BCUT2D eigenvalue weighted by molar-refractivity contribution is 6.12. The molecule has 0 aliphatic carbocycles. The summed E-state index contributed by atoms with van der Waals surface area (Å²) in [5.41, 5.74) is 14.8. The third-order valence-corrected chi connectivity index (χ3v) is 13.2. The van der Waals surface area contributed by atoms with E-state index in [4.69, 9.17) is 9.72 Å². The fourth-order valence-electron chi connectivity index (χ4n) is 8.99. The molecule has 0 unspecified atom stereocenters. The zero-order valence-electron chi connectivity index (χ0n) is 43.0. The van der Waals surface area contributed by atoms with Gasteiger partial charge >= 0.3 is 0 Å². The fraction of sp³-hybridized carbons (Fsp3) is 0.339. The largest absolute Gasteiger partial charge is 0.457 e. The van der Waals surface area contributed by atoms with Crippen molar-refractivity contribution in [1.29, 1.82) is 0 Å². The van der Waals surface area contributed by atoms with Crippen molar-refractivity contribution in [1.82, 2.24) is 9.55 Å². The van der Waals surface area contributed by atoms with Crippen LogP contribution in [0.3, 0.4) is 0 Å². The van der Waals surface area contributed by atoms with Gasteiger partial charge in [-0.05, 0) is 133 Å². The molecule has 5 heteroatoms. The molecule has 5 nitrogen and oxygen atoms in total. The molecular formula is C62H72N4O. The highest BCUT2D eigenvalue weighted by Gasteiger charge is 2.27. The molecule has 2 heterocycles. The minimum Gasteiger partial charge on any atom is -0.457 e. The van der Waals surface area contributed by atoms with Crippen LogP contribution in [0.5, 0.6) is 11.5 Å². The number of anilines is 4. The number of nitrogens with zero attached hydrogens (tertiary/aromatic N) is 3. The highest BCUT2D eigenvalue weighted by atomic mass is 16.5. The molecule has 0 aliphatic rings. The maximum Gasteiger partial charge on any atom is 0.137 e. The summed E-state index contributed by atoms with van der Waals surface area (Å²) in [6.07, 6.45) is 1.95. The normalized spacial score (nSPS) is 12.8. The van der Waals surface area contributed by atoms with Crippen LogP contribution in [0.4, 0.5) is 22.7 Å². The first-order valence-corrected chi connectivity index (χ1v) is 24.0. The molecule has 346 valence electrons. The van der Waals surface area contributed by atoms with Gasteiger partial charge in [0.1, 0.15) is 17.3 Å². The van der Waals surface area contributed by atoms with Crippen LogP contribution < -0.4 is 15.0 Å². The van der Waals surface area contributed by atoms with E-state index >= 15 is 0 Å². The van der Waals surface area contributed by atoms with E-state index < -0.39 is 0 Å². The second-order valence-electron chi connectivity index (χ2n) is 23.8. The van der Waals surface area contributed by atoms with Crippen LogP contribution in [0.25, 0.3) is 38.8 Å². The van der Waals surface area contributed by atoms with Gasteiger partial charge in [0.25, 0.3) is 0 Å². The van der Waals surface area contributed by atoms with E-state index in [1.807, 2.05) is 6.20 Å². The first-order chi connectivity index (χ1) is 31.3. The molecule has 2 aromatic heterocycles. The Hall–Kier alpha value is -6.33. The average molecular weight is 889 g/mol. The summed E-state index contributed by atoms with van der Waals surface area (Å²) in [5.74, 6) is 2.45. The Morgan fingerprint density at radius 1 is 0.493 bits per heavy atom. The second-order valence-corrected chi connectivity index (χ2v) is 23.8. The summed E-state index contributed by atoms with van der Waals surface area (Å²) in [6.45, 7) is 34.2. The van der Waals surface area contributed by atoms with Crippen molar-refractivity contribution in [3.8, 4) is 28.4 Å². The van der Waals surface area contributed by atoms with Crippen molar-refractivity contribution in [2.75, 3.05) is 17.3 Å². The molecule has 6 aromatic carbocycles. The summed E-state index contributed by atoms with van der Waals surface area (Å²) in [5, 5.41) is 6.36. The van der Waals surface area contributed by atoms with Crippen LogP contribution in [0, 0.1) is 0 Å². The smallest absolute Gasteiger partial charge is 0.137 e. The highest BCUT2D eigenvalue weighted by Crippen LogP contribution is 2.45. The molecular weight excluding hydrogens is 817 g/mol. The number of fused-ring (bicyclic) bond motifs is 3. The van der Waals surface area contributed by atoms with Gasteiger partial charge < -0.3 is 15.0 Å². The number of hydrogen-bond acceptors (Lipinski definition) is 4. The monoisotopic (exact) mass is 889 g/mol. The molecule has 8 rings (SSSR count). The first kappa shape index (κ1) is 47.2. The van der Waals surface area contributed by atoms with Gasteiger partial charge in [-0.15, -0.1) is 0 Å². The Kier molecular flexibility index (Phi) is 12.0. The molecule has 0 aliphatic heterocycles. The van der Waals surface area contributed by atoms with Crippen LogP contribution in [-0.2, 0) is 27.1 Å². The molecule has 0 saturated heterocycles. The summed E-state index contributed by atoms with van der Waals surface area (Å²) < 4.78 is 9.36. The number of rotatable bonds is 8. The van der Waals surface area contributed by atoms with E-state index in [0.717, 1.165) is 51.1 Å². The van der Waals surface area contributed by atoms with E-state index in [2.05, 4.69) is 259 Å². The molecule has 0 fully saturated rings. The van der Waals surface area contributed by atoms with E-state index in [9.17, 15) is 0 Å². The summed E-state index contributed by atoms with van der Waals surface area (Å²) in [6, 6.07) is 48.7. The van der Waals surface area contributed by atoms with Crippen molar-refractivity contribution < 1.29 is 4.74 Å². The maximum absolute atomic E-state index is 7.02. The topological polar surface area (TPSA) is 42.3 Å². The average Bonchev–Trinajstić information content (AvgIpc) is 3.58. The molecule has 0 saturated carbocycles. The maximum atomic E-state index is 7.02. The van der Waals surface area contributed by atoms with Gasteiger partial charge in [0.05, 0.1) is 22.4 Å². The lowest BCUT2D eigenvalue weighted by Crippen LogP contribution is -2.16. The summed E-state index contributed by atoms with van der Waals surface area (Å²) >= 11 is 0. The molecule has 8 aromatic rings. The van der Waals surface area contributed by atoms with Crippen molar-refractivity contribution in [3.63, 3.8) is 0 Å². The number of nitrogens with one attached hydrogen (secondary N) is 1. The predicted octanol–water partition coefficient (Wildman–Crippen LogP) is 17.6. The van der Waals surface area contributed by atoms with Gasteiger partial charge in [0, 0.05) is 47.5 Å². The van der Waals surface area contributed by atoms with Crippen molar-refractivity contribution >= 4 is 44.6 Å². The van der Waals surface area contributed by atoms with E-state index in [1.54, 1.807) is 0 Å². The number of ether oxygens (including phenoxy) is 1. The van der Waals surface area contributed by atoms with Crippen molar-refractivity contribution in [2.24, 2.45) is 0 Å². The Morgan fingerprint density at radius 3 is 1.79 bits per heavy atom. The molecule has 1 N–H and O–H groups in total. The quantitative estimate of drug-likeness (QED) is 0.165. The number of benzene rings is 6. The second kappa shape index (κ2) is 17.1. The van der Waals surface area contributed by atoms with Gasteiger partial charge in [-0.3, -0.25) is 4.57 Å². The van der Waals surface area contributed by atoms with E-state index in [-0.39, 0.29) is 27.1 Å². The summed E-state index contributed by atoms with van der Waals surface area (Å²) in [4.78, 5) is 7.31. The van der Waals surface area contributed by atoms with E-state index in [1.165, 1.54) is 49.7 Å². The van der Waals surface area contributed by atoms with Crippen LogP contribution in [0.15, 0.2) is 140 Å². The van der Waals surface area contributed by atoms with Gasteiger partial charge in [0.15, 0.2) is 0 Å². The van der Waals surface area contributed by atoms with Crippen LogP contribution in [0.1, 0.15) is 132 Å². The van der Waals surface area contributed by atoms with Gasteiger partial charge in [-0.2, -0.15) is 0 Å². The van der Waals surface area contributed by atoms with Crippen molar-refractivity contribution in [3.05, 3.63) is 167 Å². The predicted molar refractivity (Wildman–Crippen MR) is 288 cm³/mol. The minimum atomic E-state index is -0.188. The Balaban J connectivity index is 1.24. The number of hydrogen-bond donors (Lipinski definition) is 1. The van der Waals surface area contributed by atoms with E-state index in [0.29, 0.717) is 0 Å². The number of pyridine rings is 1. The van der Waals surface area contributed by atoms with Crippen LogP contribution in [0.2, 0.25) is 0 Å². The lowest BCUT2D eigenvalue weighted by Gasteiger charge is -2.28.